The Morgan fingerprint density at radius 3 is 2.94 bits per heavy atom. The molecular weight excluding hydrogens is 212 g/mol. The zero-order chi connectivity index (χ0) is 12.5. The normalized spacial score (nSPS) is 22.1. The van der Waals surface area contributed by atoms with Crippen LogP contribution in [0.4, 0.5) is 11.5 Å². The highest BCUT2D eigenvalue weighted by Crippen LogP contribution is 2.39. The molecule has 1 aliphatic rings. The predicted octanol–water partition coefficient (Wildman–Crippen LogP) is 2.53. The molecule has 4 heteroatoms. The molecule has 0 saturated heterocycles. The van der Waals surface area contributed by atoms with E-state index in [1.54, 1.807) is 12.3 Å². The van der Waals surface area contributed by atoms with Gasteiger partial charge in [0.2, 0.25) is 0 Å². The maximum atomic E-state index is 8.92. The van der Waals surface area contributed by atoms with E-state index in [1.807, 2.05) is 0 Å². The summed E-state index contributed by atoms with van der Waals surface area (Å²) in [5.74, 6) is 0.643. The molecule has 4 nitrogen and oxygen atoms in total. The fourth-order valence-electron chi connectivity index (χ4n) is 2.45. The van der Waals surface area contributed by atoms with Crippen molar-refractivity contribution in [2.75, 3.05) is 11.1 Å². The first kappa shape index (κ1) is 11.7. The number of rotatable bonds is 2. The van der Waals surface area contributed by atoms with Crippen LogP contribution in [0.2, 0.25) is 0 Å². The van der Waals surface area contributed by atoms with Crippen LogP contribution < -0.4 is 11.1 Å². The Morgan fingerprint density at radius 1 is 1.59 bits per heavy atom. The first-order valence-electron chi connectivity index (χ1n) is 5.96. The molecule has 1 unspecified atom stereocenters. The molecule has 0 bridgehead atoms. The zero-order valence-corrected chi connectivity index (χ0v) is 10.3. The summed E-state index contributed by atoms with van der Waals surface area (Å²) < 4.78 is 0. The van der Waals surface area contributed by atoms with Crippen molar-refractivity contribution in [2.45, 2.75) is 39.2 Å². The average molecular weight is 230 g/mol. The Bertz CT molecular complexity index is 459. The molecule has 0 radical (unpaired) electrons. The van der Waals surface area contributed by atoms with Crippen molar-refractivity contribution in [3.8, 4) is 6.07 Å². The van der Waals surface area contributed by atoms with E-state index in [1.165, 1.54) is 12.8 Å². The first-order valence-corrected chi connectivity index (χ1v) is 5.96. The van der Waals surface area contributed by atoms with Gasteiger partial charge in [0.25, 0.3) is 0 Å². The Labute approximate surface area is 102 Å². The Kier molecular flexibility index (Phi) is 2.93. The molecule has 1 aromatic heterocycles. The molecule has 1 aliphatic carbocycles. The second kappa shape index (κ2) is 4.25. The number of nitrogens with one attached hydrogen (secondary N) is 1. The van der Waals surface area contributed by atoms with E-state index < -0.39 is 0 Å². The fourth-order valence-corrected chi connectivity index (χ4v) is 2.45. The molecule has 0 aromatic carbocycles. The van der Waals surface area contributed by atoms with E-state index in [9.17, 15) is 0 Å². The molecule has 2 rings (SSSR count). The van der Waals surface area contributed by atoms with E-state index in [0.29, 0.717) is 23.1 Å². The van der Waals surface area contributed by atoms with Crippen LogP contribution in [0.15, 0.2) is 12.3 Å². The molecule has 1 aromatic rings. The van der Waals surface area contributed by atoms with Crippen molar-refractivity contribution < 1.29 is 0 Å². The monoisotopic (exact) mass is 230 g/mol. The Morgan fingerprint density at radius 2 is 2.35 bits per heavy atom. The van der Waals surface area contributed by atoms with Crippen molar-refractivity contribution in [3.63, 3.8) is 0 Å². The molecule has 90 valence electrons. The number of hydrogen-bond donors (Lipinski definition) is 2. The number of nitrogens with zero attached hydrogens (tertiary/aromatic N) is 2. The average Bonchev–Trinajstić information content (AvgIpc) is 2.61. The van der Waals surface area contributed by atoms with Gasteiger partial charge in [-0.05, 0) is 24.3 Å². The highest BCUT2D eigenvalue weighted by Gasteiger charge is 2.34. The van der Waals surface area contributed by atoms with E-state index in [0.717, 1.165) is 6.42 Å². The molecule has 3 N–H and O–H groups in total. The molecule has 0 aliphatic heterocycles. The van der Waals surface area contributed by atoms with Gasteiger partial charge in [0.15, 0.2) is 5.82 Å². The Balaban J connectivity index is 2.23. The summed E-state index contributed by atoms with van der Waals surface area (Å²) in [4.78, 5) is 4.23. The van der Waals surface area contributed by atoms with Gasteiger partial charge in [-0.3, -0.25) is 0 Å². The Hall–Kier alpha value is -1.76. The molecular formula is C13H18N4. The van der Waals surface area contributed by atoms with Crippen molar-refractivity contribution >= 4 is 11.5 Å². The molecule has 17 heavy (non-hydrogen) atoms. The lowest BCUT2D eigenvalue weighted by Gasteiger charge is -2.28. The number of hydrogen-bond acceptors (Lipinski definition) is 4. The smallest absolute Gasteiger partial charge is 0.150 e. The zero-order valence-electron chi connectivity index (χ0n) is 10.3. The molecule has 1 saturated carbocycles. The third-order valence-corrected chi connectivity index (χ3v) is 3.68. The number of pyridine rings is 1. The van der Waals surface area contributed by atoms with Crippen LogP contribution in [0.25, 0.3) is 0 Å². The summed E-state index contributed by atoms with van der Waals surface area (Å²) in [5, 5.41) is 12.3. The van der Waals surface area contributed by atoms with Crippen molar-refractivity contribution in [1.82, 2.24) is 4.98 Å². The second-order valence-electron chi connectivity index (χ2n) is 5.31. The largest absolute Gasteiger partial charge is 0.395 e. The SMILES string of the molecule is CC1(C)CCCC1Nc1nccc(C#N)c1N. The van der Waals surface area contributed by atoms with Crippen LogP contribution in [-0.2, 0) is 0 Å². The van der Waals surface area contributed by atoms with Gasteiger partial charge in [0.1, 0.15) is 6.07 Å². The highest BCUT2D eigenvalue weighted by atomic mass is 15.0. The van der Waals surface area contributed by atoms with E-state index in [2.05, 4.69) is 30.2 Å². The van der Waals surface area contributed by atoms with Crippen LogP contribution in [0, 0.1) is 16.7 Å². The van der Waals surface area contributed by atoms with Crippen molar-refractivity contribution in [3.05, 3.63) is 17.8 Å². The van der Waals surface area contributed by atoms with Crippen LogP contribution in [0.3, 0.4) is 0 Å². The van der Waals surface area contributed by atoms with Gasteiger partial charge >= 0.3 is 0 Å². The van der Waals surface area contributed by atoms with Crippen LogP contribution in [-0.4, -0.2) is 11.0 Å². The molecule has 1 heterocycles. The minimum absolute atomic E-state index is 0.261. The standard InChI is InChI=1S/C13H18N4/c1-13(2)6-3-4-10(13)17-12-11(15)9(8-14)5-7-16-12/h5,7,10H,3-4,6,15H2,1-2H3,(H,16,17). The van der Waals surface area contributed by atoms with Crippen LogP contribution in [0.1, 0.15) is 38.7 Å². The van der Waals surface area contributed by atoms with Gasteiger partial charge in [-0.25, -0.2) is 4.98 Å². The maximum absolute atomic E-state index is 8.92. The summed E-state index contributed by atoms with van der Waals surface area (Å²) in [5.41, 5.74) is 7.11. The predicted molar refractivity (Wildman–Crippen MR) is 68.4 cm³/mol. The third kappa shape index (κ3) is 2.19. The summed E-state index contributed by atoms with van der Waals surface area (Å²) in [6.45, 7) is 4.50. The minimum atomic E-state index is 0.261. The van der Waals surface area contributed by atoms with Gasteiger partial charge in [0, 0.05) is 12.2 Å². The topological polar surface area (TPSA) is 74.7 Å². The lowest BCUT2D eigenvalue weighted by Crippen LogP contribution is -2.31. The number of nitrogen functional groups attached to an aromatic ring is 1. The number of anilines is 2. The van der Waals surface area contributed by atoms with Gasteiger partial charge < -0.3 is 11.1 Å². The van der Waals surface area contributed by atoms with E-state index >= 15 is 0 Å². The summed E-state index contributed by atoms with van der Waals surface area (Å²) in [6, 6.07) is 4.10. The summed E-state index contributed by atoms with van der Waals surface area (Å²) in [6.07, 6.45) is 5.19. The van der Waals surface area contributed by atoms with Gasteiger partial charge in [0.05, 0.1) is 11.3 Å². The first-order chi connectivity index (χ1) is 8.04. The summed E-state index contributed by atoms with van der Waals surface area (Å²) >= 11 is 0. The van der Waals surface area contributed by atoms with E-state index in [-0.39, 0.29) is 5.41 Å². The third-order valence-electron chi connectivity index (χ3n) is 3.68. The van der Waals surface area contributed by atoms with Gasteiger partial charge in [-0.2, -0.15) is 5.26 Å². The number of nitriles is 1. The summed E-state index contributed by atoms with van der Waals surface area (Å²) in [7, 11) is 0. The lowest BCUT2D eigenvalue weighted by molar-refractivity contribution is 0.349. The number of nitrogens with two attached hydrogens (primary N) is 1. The molecule has 1 fully saturated rings. The molecule has 1 atom stereocenters. The van der Waals surface area contributed by atoms with Crippen molar-refractivity contribution in [1.29, 1.82) is 5.26 Å². The quantitative estimate of drug-likeness (QED) is 0.818. The maximum Gasteiger partial charge on any atom is 0.150 e. The van der Waals surface area contributed by atoms with Crippen molar-refractivity contribution in [2.24, 2.45) is 5.41 Å². The number of aromatic nitrogens is 1. The van der Waals surface area contributed by atoms with Gasteiger partial charge in [-0.15, -0.1) is 0 Å². The molecule has 0 spiro atoms. The van der Waals surface area contributed by atoms with Crippen LogP contribution in [0.5, 0.6) is 0 Å². The lowest BCUT2D eigenvalue weighted by atomic mass is 9.87. The van der Waals surface area contributed by atoms with Gasteiger partial charge in [-0.1, -0.05) is 20.3 Å². The minimum Gasteiger partial charge on any atom is -0.395 e. The highest BCUT2D eigenvalue weighted by molar-refractivity contribution is 5.69. The second-order valence-corrected chi connectivity index (χ2v) is 5.31. The molecule has 0 amide bonds. The van der Waals surface area contributed by atoms with E-state index in [4.69, 9.17) is 11.0 Å². The fraction of sp³-hybridized carbons (Fsp3) is 0.538. The van der Waals surface area contributed by atoms with Crippen LogP contribution >= 0.6 is 0 Å².